The number of thiazole rings is 1. The van der Waals surface area contributed by atoms with E-state index in [1.165, 1.54) is 11.3 Å². The summed E-state index contributed by atoms with van der Waals surface area (Å²) in [5.41, 5.74) is 1.77. The molecule has 6 nitrogen and oxygen atoms in total. The van der Waals surface area contributed by atoms with Gasteiger partial charge in [0.25, 0.3) is 5.91 Å². The number of nitrogens with zero attached hydrogens (tertiary/aromatic N) is 4. The van der Waals surface area contributed by atoms with Crippen LogP contribution in [0.2, 0.25) is 0 Å². The number of aromatic nitrogens is 3. The topological polar surface area (TPSA) is 72.1 Å². The summed E-state index contributed by atoms with van der Waals surface area (Å²) in [7, 11) is 0. The van der Waals surface area contributed by atoms with E-state index in [0.717, 1.165) is 21.1 Å². The minimum atomic E-state index is 0.0434. The van der Waals surface area contributed by atoms with Gasteiger partial charge in [-0.2, -0.15) is 16.3 Å². The summed E-state index contributed by atoms with van der Waals surface area (Å²) in [5, 5.41) is 8.90. The highest BCUT2D eigenvalue weighted by Gasteiger charge is 2.37. The third kappa shape index (κ3) is 2.57. The standard InChI is InChI=1S/C15H14N4O2S2/c1-8-12(23-9(2)16-8)15(20)19-5-11(6-19)14-17-13(18-21-14)10-3-4-22-7-10/h3-4,7,11H,5-6H2,1-2H3. The Morgan fingerprint density at radius 1 is 1.35 bits per heavy atom. The van der Waals surface area contributed by atoms with E-state index in [2.05, 4.69) is 15.1 Å². The van der Waals surface area contributed by atoms with Crippen molar-refractivity contribution in [3.8, 4) is 11.4 Å². The summed E-state index contributed by atoms with van der Waals surface area (Å²) < 4.78 is 5.35. The van der Waals surface area contributed by atoms with Crippen molar-refractivity contribution in [2.75, 3.05) is 13.1 Å². The largest absolute Gasteiger partial charge is 0.339 e. The highest BCUT2D eigenvalue weighted by Crippen LogP contribution is 2.30. The second kappa shape index (κ2) is 5.54. The Kier molecular flexibility index (Phi) is 3.50. The number of hydrogen-bond donors (Lipinski definition) is 0. The van der Waals surface area contributed by atoms with Crippen LogP contribution >= 0.6 is 22.7 Å². The molecule has 4 heterocycles. The summed E-state index contributed by atoms with van der Waals surface area (Å²) in [6.07, 6.45) is 0. The van der Waals surface area contributed by atoms with Gasteiger partial charge < -0.3 is 9.42 Å². The Labute approximate surface area is 140 Å². The summed E-state index contributed by atoms with van der Waals surface area (Å²) >= 11 is 3.04. The van der Waals surface area contributed by atoms with Gasteiger partial charge in [0, 0.05) is 24.0 Å². The highest BCUT2D eigenvalue weighted by atomic mass is 32.1. The van der Waals surface area contributed by atoms with Crippen LogP contribution in [-0.4, -0.2) is 39.0 Å². The van der Waals surface area contributed by atoms with Crippen LogP contribution in [0.4, 0.5) is 0 Å². The number of amides is 1. The molecule has 8 heteroatoms. The Hall–Kier alpha value is -2.06. The molecule has 1 aliphatic rings. The van der Waals surface area contributed by atoms with Crippen LogP contribution < -0.4 is 0 Å². The molecule has 0 atom stereocenters. The maximum atomic E-state index is 12.5. The van der Waals surface area contributed by atoms with E-state index in [9.17, 15) is 4.79 Å². The van der Waals surface area contributed by atoms with Crippen molar-refractivity contribution in [2.24, 2.45) is 0 Å². The van der Waals surface area contributed by atoms with Crippen molar-refractivity contribution in [2.45, 2.75) is 19.8 Å². The first-order valence-electron chi connectivity index (χ1n) is 7.21. The molecule has 4 rings (SSSR count). The van der Waals surface area contributed by atoms with E-state index in [1.807, 2.05) is 30.7 Å². The Morgan fingerprint density at radius 3 is 2.83 bits per heavy atom. The Morgan fingerprint density at radius 2 is 2.17 bits per heavy atom. The fourth-order valence-corrected chi connectivity index (χ4v) is 4.11. The maximum absolute atomic E-state index is 12.5. The third-order valence-corrected chi connectivity index (χ3v) is 5.58. The number of carbonyl (C=O) groups is 1. The van der Waals surface area contributed by atoms with Gasteiger partial charge in [-0.15, -0.1) is 11.3 Å². The van der Waals surface area contributed by atoms with Gasteiger partial charge in [0.1, 0.15) is 4.88 Å². The second-order valence-electron chi connectivity index (χ2n) is 5.52. The molecule has 3 aromatic rings. The van der Waals surface area contributed by atoms with Crippen LogP contribution in [0.3, 0.4) is 0 Å². The normalized spacial score (nSPS) is 15.0. The summed E-state index contributed by atoms with van der Waals surface area (Å²) in [4.78, 5) is 23.8. The van der Waals surface area contributed by atoms with Crippen LogP contribution in [0.1, 0.15) is 32.2 Å². The van der Waals surface area contributed by atoms with Crippen molar-refractivity contribution in [3.63, 3.8) is 0 Å². The van der Waals surface area contributed by atoms with Gasteiger partial charge in [-0.05, 0) is 25.3 Å². The summed E-state index contributed by atoms with van der Waals surface area (Å²) in [5.74, 6) is 1.38. The van der Waals surface area contributed by atoms with Crippen LogP contribution in [0.15, 0.2) is 21.3 Å². The molecule has 23 heavy (non-hydrogen) atoms. The first-order chi connectivity index (χ1) is 11.1. The first-order valence-corrected chi connectivity index (χ1v) is 8.97. The fourth-order valence-electron chi connectivity index (χ4n) is 2.58. The number of aryl methyl sites for hydroxylation is 2. The average molecular weight is 346 g/mol. The lowest BCUT2D eigenvalue weighted by Gasteiger charge is -2.36. The number of thiophene rings is 1. The molecule has 0 N–H and O–H groups in total. The lowest BCUT2D eigenvalue weighted by atomic mass is 10.00. The van der Waals surface area contributed by atoms with Gasteiger partial charge >= 0.3 is 0 Å². The van der Waals surface area contributed by atoms with E-state index < -0.39 is 0 Å². The van der Waals surface area contributed by atoms with Gasteiger partial charge in [-0.3, -0.25) is 4.79 Å². The summed E-state index contributed by atoms with van der Waals surface area (Å²) in [6, 6.07) is 1.96. The quantitative estimate of drug-likeness (QED) is 0.728. The van der Waals surface area contributed by atoms with Gasteiger partial charge in [-0.25, -0.2) is 4.98 Å². The predicted octanol–water partition coefficient (Wildman–Crippen LogP) is 3.11. The van der Waals surface area contributed by atoms with Crippen molar-refractivity contribution in [3.05, 3.63) is 38.3 Å². The number of likely N-dealkylation sites (tertiary alicyclic amines) is 1. The van der Waals surface area contributed by atoms with E-state index in [-0.39, 0.29) is 11.8 Å². The Bertz CT molecular complexity index is 847. The van der Waals surface area contributed by atoms with Crippen LogP contribution in [0.25, 0.3) is 11.4 Å². The van der Waals surface area contributed by atoms with Crippen molar-refractivity contribution in [1.82, 2.24) is 20.0 Å². The smallest absolute Gasteiger partial charge is 0.265 e. The lowest BCUT2D eigenvalue weighted by Crippen LogP contribution is -2.48. The number of carbonyl (C=O) groups excluding carboxylic acids is 1. The van der Waals surface area contributed by atoms with Crippen LogP contribution in [-0.2, 0) is 0 Å². The van der Waals surface area contributed by atoms with E-state index in [0.29, 0.717) is 24.8 Å². The van der Waals surface area contributed by atoms with E-state index in [1.54, 1.807) is 16.2 Å². The minimum Gasteiger partial charge on any atom is -0.339 e. The molecule has 1 fully saturated rings. The Balaban J connectivity index is 1.43. The minimum absolute atomic E-state index is 0.0434. The molecule has 1 saturated heterocycles. The molecule has 1 amide bonds. The molecule has 3 aromatic heterocycles. The number of rotatable bonds is 3. The average Bonchev–Trinajstić information content (AvgIpc) is 3.17. The van der Waals surface area contributed by atoms with E-state index >= 15 is 0 Å². The first kappa shape index (κ1) is 14.5. The molecule has 0 aromatic carbocycles. The van der Waals surface area contributed by atoms with Gasteiger partial charge in [0.2, 0.25) is 11.7 Å². The zero-order chi connectivity index (χ0) is 16.0. The van der Waals surface area contributed by atoms with Gasteiger partial charge in [0.05, 0.1) is 16.6 Å². The fraction of sp³-hybridized carbons (Fsp3) is 0.333. The molecule has 0 radical (unpaired) electrons. The molecule has 0 aliphatic carbocycles. The zero-order valence-corrected chi connectivity index (χ0v) is 14.3. The van der Waals surface area contributed by atoms with E-state index in [4.69, 9.17) is 4.52 Å². The molecule has 0 saturated carbocycles. The number of hydrogen-bond acceptors (Lipinski definition) is 7. The SMILES string of the molecule is Cc1nc(C)c(C(=O)N2CC(c3nc(-c4ccsc4)no3)C2)s1. The molecular formula is C15H14N4O2S2. The molecule has 0 bridgehead atoms. The summed E-state index contributed by atoms with van der Waals surface area (Å²) in [6.45, 7) is 5.01. The molecule has 1 aliphatic heterocycles. The van der Waals surface area contributed by atoms with Crippen molar-refractivity contribution < 1.29 is 9.32 Å². The van der Waals surface area contributed by atoms with Crippen molar-refractivity contribution >= 4 is 28.6 Å². The van der Waals surface area contributed by atoms with Gasteiger partial charge in [0.15, 0.2) is 0 Å². The molecule has 0 unspecified atom stereocenters. The molecular weight excluding hydrogens is 332 g/mol. The third-order valence-electron chi connectivity index (χ3n) is 3.84. The predicted molar refractivity (Wildman–Crippen MR) is 87.8 cm³/mol. The molecule has 118 valence electrons. The van der Waals surface area contributed by atoms with Gasteiger partial charge in [-0.1, -0.05) is 5.16 Å². The van der Waals surface area contributed by atoms with Crippen molar-refractivity contribution in [1.29, 1.82) is 0 Å². The van der Waals surface area contributed by atoms with Crippen LogP contribution in [0, 0.1) is 13.8 Å². The van der Waals surface area contributed by atoms with Crippen LogP contribution in [0.5, 0.6) is 0 Å². The second-order valence-corrected chi connectivity index (χ2v) is 7.51. The zero-order valence-electron chi connectivity index (χ0n) is 12.6. The highest BCUT2D eigenvalue weighted by molar-refractivity contribution is 7.13. The molecule has 0 spiro atoms. The monoisotopic (exact) mass is 346 g/mol. The lowest BCUT2D eigenvalue weighted by molar-refractivity contribution is 0.0573. The maximum Gasteiger partial charge on any atom is 0.265 e.